The Hall–Kier alpha value is -1.36. The van der Waals surface area contributed by atoms with Gasteiger partial charge in [0.25, 0.3) is 0 Å². The summed E-state index contributed by atoms with van der Waals surface area (Å²) in [4.78, 5) is 24.2. The van der Waals surface area contributed by atoms with Crippen molar-refractivity contribution < 1.29 is 24.2 Å². The van der Waals surface area contributed by atoms with E-state index in [1.807, 2.05) is 13.8 Å². The van der Waals surface area contributed by atoms with Crippen molar-refractivity contribution in [1.29, 1.82) is 0 Å². The van der Waals surface area contributed by atoms with Gasteiger partial charge in [-0.2, -0.15) is 0 Å². The summed E-state index contributed by atoms with van der Waals surface area (Å²) in [6, 6.07) is 0. The Morgan fingerprint density at radius 1 is 1.29 bits per heavy atom. The first-order valence-corrected chi connectivity index (χ1v) is 7.22. The number of esters is 2. The molecule has 0 spiro atoms. The fourth-order valence-corrected chi connectivity index (χ4v) is 2.78. The number of aliphatic hydroxyl groups is 1. The Morgan fingerprint density at radius 2 is 1.76 bits per heavy atom. The zero-order valence-electron chi connectivity index (χ0n) is 13.5. The monoisotopic (exact) mass is 298 g/mol. The van der Waals surface area contributed by atoms with E-state index in [1.54, 1.807) is 19.9 Å². The van der Waals surface area contributed by atoms with E-state index in [0.717, 1.165) is 0 Å². The quantitative estimate of drug-likeness (QED) is 0.621. The molecular formula is C16H26O5. The molecule has 0 aliphatic heterocycles. The van der Waals surface area contributed by atoms with Crippen molar-refractivity contribution in [2.75, 3.05) is 7.11 Å². The standard InChI is InChI=1S/C16H26O5/c1-7-15(4,5)16(19)8-11(13(17)20-6)12(9-16)14(18)21-10(2)3/h7,10-12,19H,1,8-9H2,2-6H3/t11-,12-,16+/m0/s1. The predicted molar refractivity (Wildman–Crippen MR) is 78.4 cm³/mol. The van der Waals surface area contributed by atoms with Crippen molar-refractivity contribution in [2.24, 2.45) is 17.3 Å². The highest BCUT2D eigenvalue weighted by Crippen LogP contribution is 2.50. The molecule has 0 heterocycles. The van der Waals surface area contributed by atoms with Gasteiger partial charge in [-0.15, -0.1) is 6.58 Å². The van der Waals surface area contributed by atoms with E-state index in [4.69, 9.17) is 9.47 Å². The van der Waals surface area contributed by atoms with Crippen molar-refractivity contribution in [1.82, 2.24) is 0 Å². The van der Waals surface area contributed by atoms with E-state index < -0.39 is 34.8 Å². The van der Waals surface area contributed by atoms with Gasteiger partial charge >= 0.3 is 11.9 Å². The summed E-state index contributed by atoms with van der Waals surface area (Å²) in [7, 11) is 1.28. The molecule has 1 saturated carbocycles. The second-order valence-electron chi connectivity index (χ2n) is 6.59. The van der Waals surface area contributed by atoms with Gasteiger partial charge in [0.1, 0.15) is 0 Å². The molecule has 120 valence electrons. The number of rotatable bonds is 5. The summed E-state index contributed by atoms with van der Waals surface area (Å²) in [6.07, 6.45) is 1.71. The number of hydrogen-bond acceptors (Lipinski definition) is 5. The lowest BCUT2D eigenvalue weighted by atomic mass is 9.73. The smallest absolute Gasteiger partial charge is 0.310 e. The Labute approximate surface area is 126 Å². The summed E-state index contributed by atoms with van der Waals surface area (Å²) in [5.41, 5.74) is -1.81. The Morgan fingerprint density at radius 3 is 2.14 bits per heavy atom. The van der Waals surface area contributed by atoms with E-state index >= 15 is 0 Å². The van der Waals surface area contributed by atoms with Gasteiger partial charge in [0, 0.05) is 5.41 Å². The third-order valence-corrected chi connectivity index (χ3v) is 4.47. The number of carbonyl (C=O) groups is 2. The summed E-state index contributed by atoms with van der Waals surface area (Å²) in [5, 5.41) is 10.9. The molecule has 21 heavy (non-hydrogen) atoms. The highest BCUT2D eigenvalue weighted by molar-refractivity contribution is 5.83. The SMILES string of the molecule is C=CC(C)(C)[C@@]1(O)C[C@H](C(=O)OC)[C@@H](C(=O)OC(C)C)C1. The highest BCUT2D eigenvalue weighted by Gasteiger charge is 2.56. The van der Waals surface area contributed by atoms with Crippen LogP contribution in [0.2, 0.25) is 0 Å². The molecule has 1 aliphatic rings. The molecule has 0 bridgehead atoms. The van der Waals surface area contributed by atoms with Crippen molar-refractivity contribution in [2.45, 2.75) is 52.2 Å². The van der Waals surface area contributed by atoms with Crippen LogP contribution >= 0.6 is 0 Å². The van der Waals surface area contributed by atoms with Gasteiger partial charge in [-0.3, -0.25) is 9.59 Å². The average Bonchev–Trinajstić information content (AvgIpc) is 2.77. The molecule has 0 aromatic heterocycles. The summed E-state index contributed by atoms with van der Waals surface area (Å²) >= 11 is 0. The predicted octanol–water partition coefficient (Wildman–Crippen LogP) is 2.08. The molecule has 1 N–H and O–H groups in total. The normalized spacial score (nSPS) is 29.3. The Bertz CT molecular complexity index is 426. The maximum absolute atomic E-state index is 12.2. The molecule has 5 nitrogen and oxygen atoms in total. The van der Waals surface area contributed by atoms with Gasteiger partial charge in [-0.25, -0.2) is 0 Å². The maximum Gasteiger partial charge on any atom is 0.310 e. The lowest BCUT2D eigenvalue weighted by Crippen LogP contribution is -2.41. The van der Waals surface area contributed by atoms with E-state index in [-0.39, 0.29) is 18.9 Å². The topological polar surface area (TPSA) is 72.8 Å². The summed E-state index contributed by atoms with van der Waals surface area (Å²) in [6.45, 7) is 10.9. The van der Waals surface area contributed by atoms with E-state index in [9.17, 15) is 14.7 Å². The fourth-order valence-electron chi connectivity index (χ4n) is 2.78. The minimum atomic E-state index is -1.19. The van der Waals surface area contributed by atoms with E-state index in [2.05, 4.69) is 6.58 Å². The number of methoxy groups -OCH3 is 1. The van der Waals surface area contributed by atoms with Crippen LogP contribution in [0.3, 0.4) is 0 Å². The zero-order valence-corrected chi connectivity index (χ0v) is 13.5. The van der Waals surface area contributed by atoms with Crippen LogP contribution < -0.4 is 0 Å². The largest absolute Gasteiger partial charge is 0.469 e. The first kappa shape index (κ1) is 17.7. The molecule has 0 saturated heterocycles. The third kappa shape index (κ3) is 3.46. The first-order chi connectivity index (χ1) is 9.58. The molecule has 0 aromatic carbocycles. The van der Waals surface area contributed by atoms with Crippen molar-refractivity contribution >= 4 is 11.9 Å². The number of ether oxygens (including phenoxy) is 2. The summed E-state index contributed by atoms with van der Waals surface area (Å²) in [5.74, 6) is -2.33. The Balaban J connectivity index is 3.08. The highest BCUT2D eigenvalue weighted by atomic mass is 16.5. The second kappa shape index (κ2) is 6.18. The third-order valence-electron chi connectivity index (χ3n) is 4.47. The molecule has 3 atom stereocenters. The van der Waals surface area contributed by atoms with Crippen LogP contribution in [-0.2, 0) is 19.1 Å². The minimum absolute atomic E-state index is 0.163. The molecule has 1 aliphatic carbocycles. The van der Waals surface area contributed by atoms with Gasteiger partial charge in [0.05, 0.1) is 30.7 Å². The molecule has 1 fully saturated rings. The van der Waals surface area contributed by atoms with Crippen LogP contribution in [0.5, 0.6) is 0 Å². The van der Waals surface area contributed by atoms with Crippen LogP contribution in [0.15, 0.2) is 12.7 Å². The molecule has 5 heteroatoms. The van der Waals surface area contributed by atoms with Crippen LogP contribution in [-0.4, -0.2) is 35.9 Å². The summed E-state index contributed by atoms with van der Waals surface area (Å²) < 4.78 is 9.99. The Kier molecular flexibility index (Phi) is 5.20. The van der Waals surface area contributed by atoms with Gasteiger partial charge in [-0.1, -0.05) is 19.9 Å². The van der Waals surface area contributed by atoms with Crippen molar-refractivity contribution in [3.8, 4) is 0 Å². The van der Waals surface area contributed by atoms with E-state index in [1.165, 1.54) is 7.11 Å². The molecule has 0 amide bonds. The minimum Gasteiger partial charge on any atom is -0.469 e. The first-order valence-electron chi connectivity index (χ1n) is 7.22. The van der Waals surface area contributed by atoms with Gasteiger partial charge in [-0.05, 0) is 26.7 Å². The van der Waals surface area contributed by atoms with Crippen molar-refractivity contribution in [3.05, 3.63) is 12.7 Å². The molecule has 0 aromatic rings. The van der Waals surface area contributed by atoms with Crippen LogP contribution in [0.4, 0.5) is 0 Å². The molecule has 1 rings (SSSR count). The maximum atomic E-state index is 12.2. The lowest BCUT2D eigenvalue weighted by Gasteiger charge is -2.38. The van der Waals surface area contributed by atoms with Crippen LogP contribution in [0, 0.1) is 17.3 Å². The van der Waals surface area contributed by atoms with Crippen molar-refractivity contribution in [3.63, 3.8) is 0 Å². The van der Waals surface area contributed by atoms with Crippen LogP contribution in [0.1, 0.15) is 40.5 Å². The zero-order chi connectivity index (χ0) is 16.4. The van der Waals surface area contributed by atoms with Gasteiger partial charge in [0.15, 0.2) is 0 Å². The van der Waals surface area contributed by atoms with Gasteiger partial charge < -0.3 is 14.6 Å². The fraction of sp³-hybridized carbons (Fsp3) is 0.750. The number of carbonyl (C=O) groups excluding carboxylic acids is 2. The molecule has 0 unspecified atom stereocenters. The lowest BCUT2D eigenvalue weighted by molar-refractivity contribution is -0.160. The van der Waals surface area contributed by atoms with Crippen LogP contribution in [0.25, 0.3) is 0 Å². The molecule has 0 radical (unpaired) electrons. The molecular weight excluding hydrogens is 272 g/mol. The van der Waals surface area contributed by atoms with Gasteiger partial charge in [0.2, 0.25) is 0 Å². The van der Waals surface area contributed by atoms with E-state index in [0.29, 0.717) is 0 Å². The average molecular weight is 298 g/mol. The second-order valence-corrected chi connectivity index (χ2v) is 6.59. The number of hydrogen-bond donors (Lipinski definition) is 1.